The lowest BCUT2D eigenvalue weighted by Gasteiger charge is -2.65. The van der Waals surface area contributed by atoms with E-state index in [1.807, 2.05) is 36.7 Å². The Kier molecular flexibility index (Phi) is 17.4. The van der Waals surface area contributed by atoms with Gasteiger partial charge in [-0.05, 0) is 160 Å². The molecule has 6 heteroatoms. The van der Waals surface area contributed by atoms with Crippen molar-refractivity contribution in [3.05, 3.63) is 49.1 Å². The second-order valence-corrected chi connectivity index (χ2v) is 18.7. The Morgan fingerprint density at radius 3 is 2.11 bits per heavy atom. The average molecular weight is 733 g/mol. The van der Waals surface area contributed by atoms with Crippen LogP contribution < -0.4 is 20.5 Å². The Morgan fingerprint density at radius 1 is 0.811 bits per heavy atom. The van der Waals surface area contributed by atoms with Crippen LogP contribution in [-0.2, 0) is 0 Å². The molecule has 0 aliphatic heterocycles. The largest absolute Gasteiger partial charge is 0.493 e. The second-order valence-electron chi connectivity index (χ2n) is 18.7. The Balaban J connectivity index is 0.000000270. The van der Waals surface area contributed by atoms with Crippen LogP contribution in [0.3, 0.4) is 0 Å². The standard InChI is InChI=1S/C32H51NO.C8H11NO.C7H18N2/c1-22(2)21-30(3,4)29-9-7-8-27-26-11-10-23-20-25(34-24-14-18-33-19-15-24)12-16-31(23,5)28(26)13-17-32(27,29)6;1-2-7-10-8-3-5-9-6-4-8;1-2-3-4-6-9-7-5-8/h14-15,18-19,22-23,25-29H,7-13,16-17,20-21H2,1-6H3;3-6H,2,7H2,1H3;9H,2-8H2,1H3/t23-,25-,26-,27-,28-,29+,31-,32-;;/m0../s1. The van der Waals surface area contributed by atoms with E-state index >= 15 is 0 Å². The number of hydrogen-bond donors (Lipinski definition) is 2. The van der Waals surface area contributed by atoms with E-state index in [2.05, 4.69) is 70.7 Å². The van der Waals surface area contributed by atoms with Gasteiger partial charge in [0, 0.05) is 37.9 Å². The minimum absolute atomic E-state index is 0.391. The number of nitrogens with zero attached hydrogens (tertiary/aromatic N) is 2. The van der Waals surface area contributed by atoms with E-state index in [1.54, 1.807) is 12.4 Å². The average Bonchev–Trinajstić information content (AvgIpc) is 3.14. The first-order valence-electron chi connectivity index (χ1n) is 22.0. The van der Waals surface area contributed by atoms with Crippen LogP contribution in [0.1, 0.15) is 152 Å². The summed E-state index contributed by atoms with van der Waals surface area (Å²) in [6, 6.07) is 7.76. The molecule has 2 heterocycles. The van der Waals surface area contributed by atoms with Crippen molar-refractivity contribution in [2.45, 2.75) is 158 Å². The normalized spacial score (nSPS) is 30.7. The van der Waals surface area contributed by atoms with E-state index in [4.69, 9.17) is 15.2 Å². The molecule has 0 aromatic carbocycles. The molecule has 4 saturated carbocycles. The number of ether oxygens (including phenoxy) is 2. The summed E-state index contributed by atoms with van der Waals surface area (Å²) in [6.45, 7) is 23.4. The SMILES string of the molecule is CC(C)CC(C)(C)[C@H]1CCC[C@H]2[C@@H]3CC[C@H]4C[C@@H](Oc5ccncc5)CC[C@]4(C)[C@H]3CC[C@]12C.CCCCCNCCN.CCCOc1ccncc1. The molecule has 300 valence electrons. The maximum atomic E-state index is 6.43. The second kappa shape index (κ2) is 21.2. The Morgan fingerprint density at radius 2 is 1.47 bits per heavy atom. The minimum atomic E-state index is 0.391. The first-order chi connectivity index (χ1) is 25.5. The minimum Gasteiger partial charge on any atom is -0.493 e. The number of pyridine rings is 2. The lowest BCUT2D eigenvalue weighted by molar-refractivity contribution is -0.165. The van der Waals surface area contributed by atoms with Crippen LogP contribution in [-0.4, -0.2) is 42.3 Å². The van der Waals surface area contributed by atoms with Crippen molar-refractivity contribution in [2.75, 3.05) is 26.2 Å². The van der Waals surface area contributed by atoms with Gasteiger partial charge < -0.3 is 20.5 Å². The summed E-state index contributed by atoms with van der Waals surface area (Å²) in [7, 11) is 0. The van der Waals surface area contributed by atoms with E-state index < -0.39 is 0 Å². The molecule has 0 unspecified atom stereocenters. The molecule has 4 aliphatic carbocycles. The van der Waals surface area contributed by atoms with Crippen LogP contribution in [0.2, 0.25) is 0 Å². The van der Waals surface area contributed by atoms with Gasteiger partial charge in [-0.25, -0.2) is 0 Å². The van der Waals surface area contributed by atoms with Gasteiger partial charge in [0.15, 0.2) is 0 Å². The number of nitrogens with two attached hydrogens (primary N) is 1. The number of nitrogens with one attached hydrogen (secondary N) is 1. The molecule has 2 aromatic rings. The number of rotatable bonds is 14. The van der Waals surface area contributed by atoms with Crippen LogP contribution in [0.25, 0.3) is 0 Å². The fourth-order valence-corrected chi connectivity index (χ4v) is 12.0. The molecule has 0 saturated heterocycles. The molecule has 2 aromatic heterocycles. The molecular formula is C47H80N4O2. The number of unbranched alkanes of at least 4 members (excludes halogenated alkanes) is 2. The van der Waals surface area contributed by atoms with Crippen molar-refractivity contribution in [3.63, 3.8) is 0 Å². The third kappa shape index (κ3) is 11.9. The molecule has 0 amide bonds. The molecule has 6 rings (SSSR count). The summed E-state index contributed by atoms with van der Waals surface area (Å²) in [5, 5.41) is 3.24. The predicted molar refractivity (Wildman–Crippen MR) is 223 cm³/mol. The van der Waals surface area contributed by atoms with E-state index in [0.29, 0.717) is 22.3 Å². The van der Waals surface area contributed by atoms with Crippen molar-refractivity contribution in [2.24, 2.45) is 57.5 Å². The Hall–Kier alpha value is -2.18. The molecule has 53 heavy (non-hydrogen) atoms. The summed E-state index contributed by atoms with van der Waals surface area (Å²) in [4.78, 5) is 8.03. The lowest BCUT2D eigenvalue weighted by Crippen LogP contribution is -2.58. The monoisotopic (exact) mass is 733 g/mol. The van der Waals surface area contributed by atoms with Gasteiger partial charge in [0.05, 0.1) is 12.7 Å². The van der Waals surface area contributed by atoms with E-state index in [9.17, 15) is 0 Å². The summed E-state index contributed by atoms with van der Waals surface area (Å²) in [5.74, 6) is 7.31. The lowest BCUT2D eigenvalue weighted by atomic mass is 9.40. The maximum absolute atomic E-state index is 6.43. The fraction of sp³-hybridized carbons (Fsp3) is 0.787. The van der Waals surface area contributed by atoms with Crippen molar-refractivity contribution < 1.29 is 9.47 Å². The van der Waals surface area contributed by atoms with Crippen LogP contribution in [0.15, 0.2) is 49.1 Å². The summed E-state index contributed by atoms with van der Waals surface area (Å²) < 4.78 is 11.7. The first-order valence-corrected chi connectivity index (χ1v) is 22.0. The van der Waals surface area contributed by atoms with Gasteiger partial charge in [-0.1, -0.05) is 74.7 Å². The zero-order valence-electron chi connectivity index (χ0n) is 35.4. The topological polar surface area (TPSA) is 82.3 Å². The summed E-state index contributed by atoms with van der Waals surface area (Å²) >= 11 is 0. The van der Waals surface area contributed by atoms with E-state index in [-0.39, 0.29) is 0 Å². The van der Waals surface area contributed by atoms with Gasteiger partial charge in [-0.3, -0.25) is 9.97 Å². The quantitative estimate of drug-likeness (QED) is 0.188. The molecule has 0 radical (unpaired) electrons. The molecule has 4 fully saturated rings. The highest BCUT2D eigenvalue weighted by molar-refractivity contribution is 5.18. The zero-order valence-corrected chi connectivity index (χ0v) is 35.4. The number of fused-ring (bicyclic) bond motifs is 5. The molecule has 8 atom stereocenters. The maximum Gasteiger partial charge on any atom is 0.122 e. The summed E-state index contributed by atoms with van der Waals surface area (Å²) in [6.07, 6.45) is 28.0. The van der Waals surface area contributed by atoms with Crippen LogP contribution >= 0.6 is 0 Å². The molecule has 0 spiro atoms. The van der Waals surface area contributed by atoms with Gasteiger partial charge in [0.25, 0.3) is 0 Å². The van der Waals surface area contributed by atoms with Gasteiger partial charge in [0.1, 0.15) is 11.5 Å². The third-order valence-corrected chi connectivity index (χ3v) is 14.1. The van der Waals surface area contributed by atoms with Crippen LogP contribution in [0.4, 0.5) is 0 Å². The predicted octanol–water partition coefficient (Wildman–Crippen LogP) is 11.5. The molecular weight excluding hydrogens is 653 g/mol. The van der Waals surface area contributed by atoms with Gasteiger partial charge in [-0.15, -0.1) is 0 Å². The van der Waals surface area contributed by atoms with Crippen molar-refractivity contribution in [1.82, 2.24) is 15.3 Å². The van der Waals surface area contributed by atoms with Gasteiger partial charge in [-0.2, -0.15) is 0 Å². The van der Waals surface area contributed by atoms with E-state index in [0.717, 1.165) is 79.7 Å². The van der Waals surface area contributed by atoms with E-state index in [1.165, 1.54) is 89.9 Å². The number of hydrogen-bond acceptors (Lipinski definition) is 6. The Labute approximate surface area is 326 Å². The summed E-state index contributed by atoms with van der Waals surface area (Å²) in [5.41, 5.74) is 6.84. The highest BCUT2D eigenvalue weighted by atomic mass is 16.5. The Bertz CT molecular complexity index is 1270. The fourth-order valence-electron chi connectivity index (χ4n) is 12.0. The van der Waals surface area contributed by atoms with Gasteiger partial charge >= 0.3 is 0 Å². The zero-order chi connectivity index (χ0) is 38.3. The van der Waals surface area contributed by atoms with Crippen molar-refractivity contribution in [1.29, 1.82) is 0 Å². The molecule has 3 N–H and O–H groups in total. The third-order valence-electron chi connectivity index (χ3n) is 14.1. The van der Waals surface area contributed by atoms with Crippen molar-refractivity contribution in [3.8, 4) is 11.5 Å². The smallest absolute Gasteiger partial charge is 0.122 e. The molecule has 4 aliphatic rings. The number of aromatic nitrogens is 2. The van der Waals surface area contributed by atoms with Gasteiger partial charge in [0.2, 0.25) is 0 Å². The van der Waals surface area contributed by atoms with Crippen molar-refractivity contribution >= 4 is 0 Å². The van der Waals surface area contributed by atoms with Crippen LogP contribution in [0, 0.1) is 51.8 Å². The first kappa shape index (κ1) is 43.5. The molecule has 6 nitrogen and oxygen atoms in total. The highest BCUT2D eigenvalue weighted by Gasteiger charge is 2.60. The highest BCUT2D eigenvalue weighted by Crippen LogP contribution is 2.68. The van der Waals surface area contributed by atoms with Crippen LogP contribution in [0.5, 0.6) is 11.5 Å². The molecule has 0 bridgehead atoms.